The molecule has 0 saturated carbocycles. The maximum atomic E-state index is 5.83. The Kier molecular flexibility index (Phi) is 4.23. The molecule has 1 aromatic heterocycles. The molecule has 1 atom stereocenters. The standard InChI is InChI=1S/C14H16N2OS/c1-10(15)11-7-8-16-14(9-11)17-12-3-5-13(18-2)6-4-12/h3-10H,15H2,1-2H3/t10-/m1/s1. The molecule has 0 fully saturated rings. The highest BCUT2D eigenvalue weighted by Gasteiger charge is 2.03. The maximum Gasteiger partial charge on any atom is 0.219 e. The zero-order valence-corrected chi connectivity index (χ0v) is 11.3. The fraction of sp³-hybridized carbons (Fsp3) is 0.214. The third-order valence-electron chi connectivity index (χ3n) is 2.57. The lowest BCUT2D eigenvalue weighted by Gasteiger charge is -2.09. The van der Waals surface area contributed by atoms with Gasteiger partial charge in [-0.05, 0) is 49.1 Å². The van der Waals surface area contributed by atoms with Crippen molar-refractivity contribution in [2.75, 3.05) is 6.26 Å². The number of benzene rings is 1. The fourth-order valence-electron chi connectivity index (χ4n) is 1.53. The van der Waals surface area contributed by atoms with E-state index in [4.69, 9.17) is 10.5 Å². The number of rotatable bonds is 4. The Morgan fingerprint density at radius 2 is 1.94 bits per heavy atom. The zero-order chi connectivity index (χ0) is 13.0. The quantitative estimate of drug-likeness (QED) is 0.853. The van der Waals surface area contributed by atoms with Crippen molar-refractivity contribution in [3.63, 3.8) is 0 Å². The van der Waals surface area contributed by atoms with Crippen LogP contribution in [0.2, 0.25) is 0 Å². The van der Waals surface area contributed by atoms with Crippen LogP contribution in [0.3, 0.4) is 0 Å². The molecule has 94 valence electrons. The first kappa shape index (κ1) is 12.9. The summed E-state index contributed by atoms with van der Waals surface area (Å²) >= 11 is 1.70. The van der Waals surface area contributed by atoms with Crippen LogP contribution in [0.5, 0.6) is 11.6 Å². The van der Waals surface area contributed by atoms with E-state index in [2.05, 4.69) is 4.98 Å². The predicted octanol–water partition coefficient (Wildman–Crippen LogP) is 3.62. The molecule has 0 saturated heterocycles. The van der Waals surface area contributed by atoms with Crippen LogP contribution in [0.25, 0.3) is 0 Å². The highest BCUT2D eigenvalue weighted by atomic mass is 32.2. The summed E-state index contributed by atoms with van der Waals surface area (Å²) in [5.41, 5.74) is 6.84. The van der Waals surface area contributed by atoms with Crippen molar-refractivity contribution in [1.82, 2.24) is 4.98 Å². The Bertz CT molecular complexity index is 511. The average molecular weight is 260 g/mol. The van der Waals surface area contributed by atoms with E-state index in [0.717, 1.165) is 11.3 Å². The van der Waals surface area contributed by atoms with Crippen molar-refractivity contribution in [3.8, 4) is 11.6 Å². The molecule has 18 heavy (non-hydrogen) atoms. The van der Waals surface area contributed by atoms with Crippen LogP contribution in [0.15, 0.2) is 47.5 Å². The van der Waals surface area contributed by atoms with Crippen molar-refractivity contribution >= 4 is 11.8 Å². The molecule has 1 heterocycles. The molecule has 0 aliphatic carbocycles. The van der Waals surface area contributed by atoms with Crippen LogP contribution in [-0.4, -0.2) is 11.2 Å². The van der Waals surface area contributed by atoms with Crippen LogP contribution in [0, 0.1) is 0 Å². The summed E-state index contributed by atoms with van der Waals surface area (Å²) in [6, 6.07) is 11.7. The van der Waals surface area contributed by atoms with Crippen LogP contribution in [0.1, 0.15) is 18.5 Å². The van der Waals surface area contributed by atoms with Crippen LogP contribution in [0.4, 0.5) is 0 Å². The lowest BCUT2D eigenvalue weighted by atomic mass is 10.1. The SMILES string of the molecule is CSc1ccc(Oc2cc([C@@H](C)N)ccn2)cc1. The summed E-state index contributed by atoms with van der Waals surface area (Å²) < 4.78 is 5.69. The van der Waals surface area contributed by atoms with Gasteiger partial charge in [-0.3, -0.25) is 0 Å². The van der Waals surface area contributed by atoms with E-state index < -0.39 is 0 Å². The molecule has 0 spiro atoms. The van der Waals surface area contributed by atoms with Gasteiger partial charge in [-0.2, -0.15) is 0 Å². The van der Waals surface area contributed by atoms with Crippen LogP contribution < -0.4 is 10.5 Å². The third-order valence-corrected chi connectivity index (χ3v) is 3.31. The average Bonchev–Trinajstić information content (AvgIpc) is 2.40. The fourth-order valence-corrected chi connectivity index (χ4v) is 1.94. The molecule has 2 rings (SSSR count). The van der Waals surface area contributed by atoms with Gasteiger partial charge >= 0.3 is 0 Å². The second-order valence-corrected chi connectivity index (χ2v) is 4.87. The van der Waals surface area contributed by atoms with Crippen molar-refractivity contribution in [3.05, 3.63) is 48.2 Å². The Labute approximate surface area is 111 Å². The minimum Gasteiger partial charge on any atom is -0.439 e. The number of hydrogen-bond acceptors (Lipinski definition) is 4. The van der Waals surface area contributed by atoms with Gasteiger partial charge in [0.05, 0.1) is 0 Å². The van der Waals surface area contributed by atoms with E-state index >= 15 is 0 Å². The summed E-state index contributed by atoms with van der Waals surface area (Å²) in [6.07, 6.45) is 3.76. The van der Waals surface area contributed by atoms with E-state index in [1.54, 1.807) is 18.0 Å². The number of nitrogens with zero attached hydrogens (tertiary/aromatic N) is 1. The molecule has 2 N–H and O–H groups in total. The van der Waals surface area contributed by atoms with Gasteiger partial charge in [-0.1, -0.05) is 0 Å². The first-order chi connectivity index (χ1) is 8.69. The smallest absolute Gasteiger partial charge is 0.219 e. The lowest BCUT2D eigenvalue weighted by molar-refractivity contribution is 0.461. The van der Waals surface area contributed by atoms with Gasteiger partial charge in [0.25, 0.3) is 0 Å². The molecule has 1 aromatic carbocycles. The number of thioether (sulfide) groups is 1. The van der Waals surface area contributed by atoms with E-state index in [-0.39, 0.29) is 6.04 Å². The molecule has 0 aliphatic heterocycles. The van der Waals surface area contributed by atoms with E-state index in [1.807, 2.05) is 49.6 Å². The van der Waals surface area contributed by atoms with E-state index in [9.17, 15) is 0 Å². The molecule has 0 amide bonds. The zero-order valence-electron chi connectivity index (χ0n) is 10.5. The second kappa shape index (κ2) is 5.89. The molecule has 2 aromatic rings. The third kappa shape index (κ3) is 3.24. The van der Waals surface area contributed by atoms with E-state index in [0.29, 0.717) is 5.88 Å². The Hall–Kier alpha value is -1.52. The molecule has 0 aliphatic rings. The highest BCUT2D eigenvalue weighted by Crippen LogP contribution is 2.24. The summed E-state index contributed by atoms with van der Waals surface area (Å²) in [5, 5.41) is 0. The molecule has 4 heteroatoms. The van der Waals surface area contributed by atoms with Crippen molar-refractivity contribution in [2.24, 2.45) is 5.73 Å². The molecular weight excluding hydrogens is 244 g/mol. The maximum absolute atomic E-state index is 5.83. The Morgan fingerprint density at radius 3 is 2.56 bits per heavy atom. The van der Waals surface area contributed by atoms with Gasteiger partial charge in [0.2, 0.25) is 5.88 Å². The summed E-state index contributed by atoms with van der Waals surface area (Å²) in [6.45, 7) is 1.94. The monoisotopic (exact) mass is 260 g/mol. The van der Waals surface area contributed by atoms with Gasteiger partial charge in [0.1, 0.15) is 5.75 Å². The van der Waals surface area contributed by atoms with Crippen molar-refractivity contribution < 1.29 is 4.74 Å². The minimum atomic E-state index is -0.0192. The normalized spacial score (nSPS) is 12.2. The molecule has 3 nitrogen and oxygen atoms in total. The van der Waals surface area contributed by atoms with Crippen molar-refractivity contribution in [1.29, 1.82) is 0 Å². The van der Waals surface area contributed by atoms with Crippen LogP contribution >= 0.6 is 11.8 Å². The number of aromatic nitrogens is 1. The lowest BCUT2D eigenvalue weighted by Crippen LogP contribution is -2.05. The number of pyridine rings is 1. The highest BCUT2D eigenvalue weighted by molar-refractivity contribution is 7.98. The number of hydrogen-bond donors (Lipinski definition) is 1. The number of nitrogens with two attached hydrogens (primary N) is 1. The molecule has 0 radical (unpaired) electrons. The first-order valence-electron chi connectivity index (χ1n) is 5.72. The Balaban J connectivity index is 2.15. The molecule has 0 unspecified atom stereocenters. The summed E-state index contributed by atoms with van der Waals surface area (Å²) in [5.74, 6) is 1.35. The second-order valence-electron chi connectivity index (χ2n) is 3.99. The van der Waals surface area contributed by atoms with Gasteiger partial charge in [-0.25, -0.2) is 4.98 Å². The summed E-state index contributed by atoms with van der Waals surface area (Å²) in [4.78, 5) is 5.38. The van der Waals surface area contributed by atoms with Gasteiger partial charge in [-0.15, -0.1) is 11.8 Å². The van der Waals surface area contributed by atoms with E-state index in [1.165, 1.54) is 4.90 Å². The number of ether oxygens (including phenoxy) is 1. The first-order valence-corrected chi connectivity index (χ1v) is 6.95. The summed E-state index contributed by atoms with van der Waals surface area (Å²) in [7, 11) is 0. The van der Waals surface area contributed by atoms with Crippen molar-refractivity contribution in [2.45, 2.75) is 17.9 Å². The minimum absolute atomic E-state index is 0.0192. The van der Waals surface area contributed by atoms with Gasteiger partial charge in [0.15, 0.2) is 0 Å². The largest absolute Gasteiger partial charge is 0.439 e. The van der Waals surface area contributed by atoms with Gasteiger partial charge < -0.3 is 10.5 Å². The topological polar surface area (TPSA) is 48.1 Å². The molecule has 0 bridgehead atoms. The molecular formula is C14H16N2OS. The Morgan fingerprint density at radius 1 is 1.22 bits per heavy atom. The van der Waals surface area contributed by atoms with Crippen LogP contribution in [-0.2, 0) is 0 Å². The van der Waals surface area contributed by atoms with Gasteiger partial charge in [0, 0.05) is 23.2 Å². The predicted molar refractivity (Wildman–Crippen MR) is 75.1 cm³/mol.